The maximum atomic E-state index is 11.9. The van der Waals surface area contributed by atoms with Crippen LogP contribution in [0.2, 0.25) is 0 Å². The first kappa shape index (κ1) is 12.3. The van der Waals surface area contributed by atoms with E-state index in [1.54, 1.807) is 22.2 Å². The fraction of sp³-hybridized carbons (Fsp3) is 0.200. The predicted octanol–water partition coefficient (Wildman–Crippen LogP) is 3.03. The summed E-state index contributed by atoms with van der Waals surface area (Å²) in [6.45, 7) is 2.42. The molecule has 0 amide bonds. The van der Waals surface area contributed by atoms with Crippen molar-refractivity contribution in [3.05, 3.63) is 46.7 Å². The van der Waals surface area contributed by atoms with Crippen LogP contribution in [-0.4, -0.2) is 9.55 Å². The van der Waals surface area contributed by atoms with Crippen molar-refractivity contribution < 1.29 is 0 Å². The number of aryl methyl sites for hydroxylation is 1. The molecule has 0 spiro atoms. The van der Waals surface area contributed by atoms with Crippen LogP contribution in [0.25, 0.3) is 0 Å². The number of nitrogens with zero attached hydrogens (tertiary/aromatic N) is 2. The van der Waals surface area contributed by atoms with E-state index in [1.807, 2.05) is 41.6 Å². The standard InChI is InChI=1S/C10H8BrIN2OS/c1-6-9(12)10(15)14(5-13-6)4-7-2-3-8(11)16-7/h2-3,5H,4H2,1H3. The van der Waals surface area contributed by atoms with Gasteiger partial charge in [0, 0.05) is 4.88 Å². The van der Waals surface area contributed by atoms with E-state index in [1.165, 1.54) is 0 Å². The van der Waals surface area contributed by atoms with Gasteiger partial charge in [-0.25, -0.2) is 4.98 Å². The maximum Gasteiger partial charge on any atom is 0.267 e. The Morgan fingerprint density at radius 1 is 1.56 bits per heavy atom. The fourth-order valence-electron chi connectivity index (χ4n) is 1.26. The molecule has 6 heteroatoms. The zero-order chi connectivity index (χ0) is 11.7. The Balaban J connectivity index is 2.36. The lowest BCUT2D eigenvalue weighted by molar-refractivity contribution is 0.732. The first-order valence-electron chi connectivity index (χ1n) is 4.53. The molecule has 0 saturated heterocycles. The van der Waals surface area contributed by atoms with Gasteiger partial charge < -0.3 is 0 Å². The molecule has 0 aliphatic heterocycles. The summed E-state index contributed by atoms with van der Waals surface area (Å²) < 4.78 is 3.40. The van der Waals surface area contributed by atoms with Crippen LogP contribution < -0.4 is 5.56 Å². The van der Waals surface area contributed by atoms with E-state index in [0.29, 0.717) is 10.1 Å². The number of rotatable bonds is 2. The summed E-state index contributed by atoms with van der Waals surface area (Å²) in [7, 11) is 0. The second kappa shape index (κ2) is 4.97. The first-order chi connectivity index (χ1) is 7.58. The highest BCUT2D eigenvalue weighted by molar-refractivity contribution is 14.1. The molecule has 0 fully saturated rings. The van der Waals surface area contributed by atoms with Crippen molar-refractivity contribution in [1.82, 2.24) is 9.55 Å². The van der Waals surface area contributed by atoms with Crippen LogP contribution in [-0.2, 0) is 6.54 Å². The molecule has 2 rings (SSSR count). The van der Waals surface area contributed by atoms with Crippen LogP contribution in [0.3, 0.4) is 0 Å². The fourth-order valence-corrected chi connectivity index (χ4v) is 3.19. The average molecular weight is 411 g/mol. The largest absolute Gasteiger partial charge is 0.293 e. The molecule has 0 aliphatic rings. The second-order valence-electron chi connectivity index (χ2n) is 3.28. The van der Waals surface area contributed by atoms with Crippen molar-refractivity contribution in [2.45, 2.75) is 13.5 Å². The molecule has 0 N–H and O–H groups in total. The molecule has 2 aromatic rings. The highest BCUT2D eigenvalue weighted by Gasteiger charge is 2.06. The van der Waals surface area contributed by atoms with Crippen LogP contribution in [0.15, 0.2) is 27.0 Å². The normalized spacial score (nSPS) is 10.7. The minimum Gasteiger partial charge on any atom is -0.293 e. The third-order valence-electron chi connectivity index (χ3n) is 2.11. The van der Waals surface area contributed by atoms with Gasteiger partial charge in [-0.1, -0.05) is 0 Å². The molecule has 0 bridgehead atoms. The SMILES string of the molecule is Cc1ncn(Cc2ccc(Br)s2)c(=O)c1I. The molecular formula is C10H8BrIN2OS. The molecule has 0 unspecified atom stereocenters. The molecule has 0 aliphatic carbocycles. The Morgan fingerprint density at radius 3 is 2.94 bits per heavy atom. The quantitative estimate of drug-likeness (QED) is 0.713. The Bertz CT molecular complexity index is 578. The van der Waals surface area contributed by atoms with E-state index in [-0.39, 0.29) is 5.56 Å². The van der Waals surface area contributed by atoms with Crippen molar-refractivity contribution in [1.29, 1.82) is 0 Å². The van der Waals surface area contributed by atoms with E-state index in [4.69, 9.17) is 0 Å². The number of hydrogen-bond acceptors (Lipinski definition) is 3. The average Bonchev–Trinajstić information content (AvgIpc) is 2.65. The lowest BCUT2D eigenvalue weighted by Gasteiger charge is -2.04. The number of hydrogen-bond donors (Lipinski definition) is 0. The summed E-state index contributed by atoms with van der Waals surface area (Å²) in [5.74, 6) is 0. The number of aromatic nitrogens is 2. The summed E-state index contributed by atoms with van der Waals surface area (Å²) >= 11 is 7.07. The molecule has 84 valence electrons. The molecule has 2 heterocycles. The highest BCUT2D eigenvalue weighted by Crippen LogP contribution is 2.22. The van der Waals surface area contributed by atoms with E-state index < -0.39 is 0 Å². The van der Waals surface area contributed by atoms with Gasteiger partial charge >= 0.3 is 0 Å². The Morgan fingerprint density at radius 2 is 2.31 bits per heavy atom. The summed E-state index contributed by atoms with van der Waals surface area (Å²) in [6, 6.07) is 3.99. The lowest BCUT2D eigenvalue weighted by atomic mass is 10.4. The Labute approximate surface area is 119 Å². The monoisotopic (exact) mass is 410 g/mol. The summed E-state index contributed by atoms with van der Waals surface area (Å²) in [5.41, 5.74) is 0.812. The first-order valence-corrected chi connectivity index (χ1v) is 7.22. The smallest absolute Gasteiger partial charge is 0.267 e. The maximum absolute atomic E-state index is 11.9. The molecular weight excluding hydrogens is 403 g/mol. The van der Waals surface area contributed by atoms with Gasteiger partial charge in [0.25, 0.3) is 5.56 Å². The second-order valence-corrected chi connectivity index (χ2v) is 6.91. The van der Waals surface area contributed by atoms with Gasteiger partial charge in [0.2, 0.25) is 0 Å². The zero-order valence-corrected chi connectivity index (χ0v) is 13.0. The number of halogens is 2. The topological polar surface area (TPSA) is 34.9 Å². The zero-order valence-electron chi connectivity index (χ0n) is 8.41. The molecule has 16 heavy (non-hydrogen) atoms. The van der Waals surface area contributed by atoms with Gasteiger partial charge in [-0.15, -0.1) is 11.3 Å². The highest BCUT2D eigenvalue weighted by atomic mass is 127. The van der Waals surface area contributed by atoms with E-state index >= 15 is 0 Å². The van der Waals surface area contributed by atoms with Crippen molar-refractivity contribution in [3.8, 4) is 0 Å². The molecule has 0 radical (unpaired) electrons. The van der Waals surface area contributed by atoms with Crippen LogP contribution in [0, 0.1) is 10.5 Å². The van der Waals surface area contributed by atoms with E-state index in [2.05, 4.69) is 20.9 Å². The van der Waals surface area contributed by atoms with Gasteiger partial charge in [0.15, 0.2) is 0 Å². The third-order valence-corrected chi connectivity index (χ3v) is 4.96. The molecule has 3 nitrogen and oxygen atoms in total. The van der Waals surface area contributed by atoms with Crippen molar-refractivity contribution in [3.63, 3.8) is 0 Å². The molecule has 0 saturated carbocycles. The van der Waals surface area contributed by atoms with Gasteiger partial charge in [0.1, 0.15) is 0 Å². The molecule has 0 atom stereocenters. The van der Waals surface area contributed by atoms with Crippen LogP contribution in [0.1, 0.15) is 10.6 Å². The molecule has 2 aromatic heterocycles. The summed E-state index contributed by atoms with van der Waals surface area (Å²) in [6.07, 6.45) is 1.60. The van der Waals surface area contributed by atoms with Crippen molar-refractivity contribution in [2.24, 2.45) is 0 Å². The Kier molecular flexibility index (Phi) is 3.81. The Hall–Kier alpha value is -0.210. The van der Waals surface area contributed by atoms with Gasteiger partial charge in [-0.2, -0.15) is 0 Å². The lowest BCUT2D eigenvalue weighted by Crippen LogP contribution is -2.24. The van der Waals surface area contributed by atoms with Crippen molar-refractivity contribution in [2.75, 3.05) is 0 Å². The van der Waals surface area contributed by atoms with E-state index in [9.17, 15) is 4.79 Å². The van der Waals surface area contributed by atoms with Crippen LogP contribution in [0.4, 0.5) is 0 Å². The molecule has 0 aromatic carbocycles. The van der Waals surface area contributed by atoms with Crippen molar-refractivity contribution >= 4 is 49.9 Å². The van der Waals surface area contributed by atoms with Crippen LogP contribution >= 0.6 is 49.9 Å². The number of thiophene rings is 1. The van der Waals surface area contributed by atoms with Crippen LogP contribution in [0.5, 0.6) is 0 Å². The summed E-state index contributed by atoms with van der Waals surface area (Å²) in [4.78, 5) is 17.2. The van der Waals surface area contributed by atoms with Gasteiger partial charge in [-0.3, -0.25) is 9.36 Å². The summed E-state index contributed by atoms with van der Waals surface area (Å²) in [5, 5.41) is 0. The van der Waals surface area contributed by atoms with Gasteiger partial charge in [-0.05, 0) is 57.6 Å². The van der Waals surface area contributed by atoms with Gasteiger partial charge in [0.05, 0.1) is 25.9 Å². The minimum atomic E-state index is 0.0256. The third kappa shape index (κ3) is 2.54. The minimum absolute atomic E-state index is 0.0256. The predicted molar refractivity (Wildman–Crippen MR) is 77.1 cm³/mol. The van der Waals surface area contributed by atoms with E-state index in [0.717, 1.165) is 14.4 Å².